The van der Waals surface area contributed by atoms with Crippen LogP contribution in [0.3, 0.4) is 0 Å². The molecule has 1 spiro atoms. The predicted molar refractivity (Wildman–Crippen MR) is 157 cm³/mol. The number of benzene rings is 3. The minimum Gasteiger partial charge on any atom is -0.462 e. The quantitative estimate of drug-likeness (QED) is 0.236. The highest BCUT2D eigenvalue weighted by Gasteiger charge is 2.70. The first-order valence-electron chi connectivity index (χ1n) is 13.8. The van der Waals surface area contributed by atoms with Crippen LogP contribution in [0, 0.1) is 18.8 Å². The van der Waals surface area contributed by atoms with E-state index < -0.39 is 41.2 Å². The number of aryl methyl sites for hydroxylation is 1. The Morgan fingerprint density at radius 1 is 1.05 bits per heavy atom. The molecule has 2 fully saturated rings. The van der Waals surface area contributed by atoms with Gasteiger partial charge >= 0.3 is 5.97 Å². The molecule has 3 aliphatic rings. The summed E-state index contributed by atoms with van der Waals surface area (Å²) in [5.74, 6) is -3.60. The number of nitrogens with zero attached hydrogens (tertiary/aromatic N) is 1. The number of esters is 1. The molecular weight excluding hydrogens is 556 g/mol. The van der Waals surface area contributed by atoms with Gasteiger partial charge in [0.2, 0.25) is 17.7 Å². The van der Waals surface area contributed by atoms with Crippen molar-refractivity contribution in [2.45, 2.75) is 31.8 Å². The molecule has 3 aromatic carbocycles. The smallest absolute Gasteiger partial charge is 0.338 e. The molecule has 3 amide bonds. The maximum Gasteiger partial charge on any atom is 0.338 e. The highest BCUT2D eigenvalue weighted by molar-refractivity contribution is 6.31. The maximum atomic E-state index is 14.3. The fourth-order valence-corrected chi connectivity index (χ4v) is 7.23. The Bertz CT molecular complexity index is 1820. The number of para-hydroxylation sites is 1. The largest absolute Gasteiger partial charge is 0.462 e. The van der Waals surface area contributed by atoms with Crippen LogP contribution in [0.25, 0.3) is 10.9 Å². The maximum absolute atomic E-state index is 14.3. The normalized spacial score (nSPS) is 24.4. The van der Waals surface area contributed by atoms with Gasteiger partial charge in [0.25, 0.3) is 0 Å². The number of halogens is 1. The Morgan fingerprint density at radius 2 is 1.81 bits per heavy atom. The molecule has 3 N–H and O–H groups in total. The molecule has 42 heavy (non-hydrogen) atoms. The fourth-order valence-electron chi connectivity index (χ4n) is 6.96. The van der Waals surface area contributed by atoms with E-state index in [9.17, 15) is 19.2 Å². The van der Waals surface area contributed by atoms with Gasteiger partial charge in [0.05, 0.1) is 29.7 Å². The molecule has 4 atom stereocenters. The molecule has 0 saturated carbocycles. The third-order valence-corrected chi connectivity index (χ3v) is 8.96. The first-order valence-corrected chi connectivity index (χ1v) is 14.2. The van der Waals surface area contributed by atoms with Crippen LogP contribution in [0.1, 0.15) is 34.0 Å². The number of amides is 3. The molecule has 3 aliphatic heterocycles. The number of carbonyl (C=O) groups is 4. The molecule has 7 rings (SSSR count). The molecule has 0 unspecified atom stereocenters. The number of hydrogen-bond donors (Lipinski definition) is 3. The number of hydrogen-bond acceptors (Lipinski definition) is 6. The Balaban J connectivity index is 1.34. The van der Waals surface area contributed by atoms with E-state index in [0.717, 1.165) is 26.9 Å². The standard InChI is InChI=1S/C32H27ClN4O5/c1-3-42-30(40)17-8-10-20(11-9-17)37-28(38)25-24(13-18-15-34-23-7-5-4-6-21(18)23)36-32(26(25)29(37)39)22-14-19(33)12-16(2)27(22)35-31(32)41/h4-12,14-15,24-26,34,36H,3,13H2,1-2H3,(H,35,41)/t24-,25-,26+,32+/m1/s1. The Hall–Kier alpha value is -4.47. The van der Waals surface area contributed by atoms with Crippen LogP contribution >= 0.6 is 11.6 Å². The Kier molecular flexibility index (Phi) is 6.00. The molecule has 2 saturated heterocycles. The predicted octanol–water partition coefficient (Wildman–Crippen LogP) is 4.47. The second-order valence-corrected chi connectivity index (χ2v) is 11.4. The summed E-state index contributed by atoms with van der Waals surface area (Å²) in [6.45, 7) is 3.79. The molecule has 9 nitrogen and oxygen atoms in total. The molecule has 0 radical (unpaired) electrons. The van der Waals surface area contributed by atoms with Crippen LogP contribution < -0.4 is 15.5 Å². The number of fused-ring (bicyclic) bond motifs is 5. The molecule has 0 aliphatic carbocycles. The van der Waals surface area contributed by atoms with Crippen LogP contribution in [0.4, 0.5) is 11.4 Å². The summed E-state index contributed by atoms with van der Waals surface area (Å²) in [5.41, 5.74) is 3.01. The van der Waals surface area contributed by atoms with Crippen LogP contribution in [0.15, 0.2) is 66.9 Å². The number of H-pyrrole nitrogens is 1. The van der Waals surface area contributed by atoms with Crippen molar-refractivity contribution in [2.24, 2.45) is 11.8 Å². The summed E-state index contributed by atoms with van der Waals surface area (Å²) in [5, 5.41) is 7.90. The van der Waals surface area contributed by atoms with E-state index in [2.05, 4.69) is 15.6 Å². The second-order valence-electron chi connectivity index (χ2n) is 11.0. The molecule has 212 valence electrons. The topological polar surface area (TPSA) is 121 Å². The van der Waals surface area contributed by atoms with Gasteiger partial charge in [0.1, 0.15) is 5.54 Å². The molecular formula is C32H27ClN4O5. The molecule has 4 aromatic rings. The SMILES string of the molecule is CCOC(=O)c1ccc(N2C(=O)[C@H]3[C@@H](C2=O)[C@]2(N[C@@H]3Cc3c[nH]c4ccccc34)C(=O)Nc3c(C)cc(Cl)cc32)cc1. The molecule has 10 heteroatoms. The molecule has 4 heterocycles. The first-order chi connectivity index (χ1) is 20.2. The summed E-state index contributed by atoms with van der Waals surface area (Å²) >= 11 is 6.48. The third-order valence-electron chi connectivity index (χ3n) is 8.74. The van der Waals surface area contributed by atoms with Crippen LogP contribution in [0.5, 0.6) is 0 Å². The summed E-state index contributed by atoms with van der Waals surface area (Å²) in [6, 6.07) is 17.0. The van der Waals surface area contributed by atoms with E-state index in [0.29, 0.717) is 33.9 Å². The van der Waals surface area contributed by atoms with Gasteiger partial charge < -0.3 is 15.0 Å². The lowest BCUT2D eigenvalue weighted by Crippen LogP contribution is -2.53. The summed E-state index contributed by atoms with van der Waals surface area (Å²) < 4.78 is 5.07. The van der Waals surface area contributed by atoms with Crippen LogP contribution in [0.2, 0.25) is 5.02 Å². The number of ether oxygens (including phenoxy) is 1. The van der Waals surface area contributed by atoms with Crippen molar-refractivity contribution in [1.29, 1.82) is 0 Å². The van der Waals surface area contributed by atoms with Gasteiger partial charge in [0, 0.05) is 39.4 Å². The van der Waals surface area contributed by atoms with Gasteiger partial charge in [-0.2, -0.15) is 0 Å². The van der Waals surface area contributed by atoms with Gasteiger partial charge in [0.15, 0.2) is 0 Å². The third kappa shape index (κ3) is 3.66. The van der Waals surface area contributed by atoms with Gasteiger partial charge in [-0.25, -0.2) is 9.69 Å². The van der Waals surface area contributed by atoms with Gasteiger partial charge in [-0.05, 0) is 73.9 Å². The Labute approximate surface area is 246 Å². The summed E-state index contributed by atoms with van der Waals surface area (Å²) in [7, 11) is 0. The van der Waals surface area contributed by atoms with Crippen molar-refractivity contribution in [3.8, 4) is 0 Å². The van der Waals surface area contributed by atoms with Crippen molar-refractivity contribution in [3.05, 3.63) is 94.1 Å². The molecule has 1 aromatic heterocycles. The van der Waals surface area contributed by atoms with E-state index in [1.165, 1.54) is 12.1 Å². The monoisotopic (exact) mass is 582 g/mol. The van der Waals surface area contributed by atoms with Gasteiger partial charge in [-0.3, -0.25) is 19.7 Å². The average Bonchev–Trinajstić information content (AvgIpc) is 3.68. The number of nitrogens with one attached hydrogen (secondary N) is 3. The average molecular weight is 583 g/mol. The lowest BCUT2D eigenvalue weighted by Gasteiger charge is -2.29. The van der Waals surface area contributed by atoms with E-state index in [1.54, 1.807) is 31.2 Å². The number of aromatic nitrogens is 1. The molecule has 0 bridgehead atoms. The van der Waals surface area contributed by atoms with E-state index in [1.807, 2.05) is 37.4 Å². The minimum absolute atomic E-state index is 0.229. The van der Waals surface area contributed by atoms with E-state index >= 15 is 0 Å². The van der Waals surface area contributed by atoms with Crippen LogP contribution in [-0.2, 0) is 31.1 Å². The van der Waals surface area contributed by atoms with Crippen molar-refractivity contribution >= 4 is 57.6 Å². The van der Waals surface area contributed by atoms with Crippen molar-refractivity contribution < 1.29 is 23.9 Å². The van der Waals surface area contributed by atoms with E-state index in [-0.39, 0.29) is 12.5 Å². The van der Waals surface area contributed by atoms with Crippen molar-refractivity contribution in [2.75, 3.05) is 16.8 Å². The number of anilines is 2. The minimum atomic E-state index is -1.49. The van der Waals surface area contributed by atoms with Crippen molar-refractivity contribution in [3.63, 3.8) is 0 Å². The first kappa shape index (κ1) is 26.4. The second kappa shape index (κ2) is 9.54. The zero-order chi connectivity index (χ0) is 29.3. The zero-order valence-corrected chi connectivity index (χ0v) is 23.6. The van der Waals surface area contributed by atoms with Gasteiger partial charge in [-0.1, -0.05) is 29.8 Å². The lowest BCUT2D eigenvalue weighted by atomic mass is 9.76. The highest BCUT2D eigenvalue weighted by Crippen LogP contribution is 2.55. The number of carbonyl (C=O) groups excluding carboxylic acids is 4. The van der Waals surface area contributed by atoms with Crippen LogP contribution in [-0.4, -0.2) is 41.3 Å². The fraction of sp³-hybridized carbons (Fsp3) is 0.250. The number of aromatic amines is 1. The summed E-state index contributed by atoms with van der Waals surface area (Å²) in [6.07, 6.45) is 2.31. The number of rotatable bonds is 5. The number of imide groups is 1. The summed E-state index contributed by atoms with van der Waals surface area (Å²) in [4.78, 5) is 59.1. The van der Waals surface area contributed by atoms with Gasteiger partial charge in [-0.15, -0.1) is 0 Å². The van der Waals surface area contributed by atoms with E-state index in [4.69, 9.17) is 16.3 Å². The Morgan fingerprint density at radius 3 is 2.57 bits per heavy atom. The van der Waals surface area contributed by atoms with Crippen molar-refractivity contribution in [1.82, 2.24) is 10.3 Å². The highest BCUT2D eigenvalue weighted by atomic mass is 35.5. The lowest BCUT2D eigenvalue weighted by molar-refractivity contribution is -0.130. The zero-order valence-electron chi connectivity index (χ0n) is 22.9.